The third-order valence-corrected chi connectivity index (χ3v) is 1.06. The van der Waals surface area contributed by atoms with Crippen molar-refractivity contribution >= 4 is 12.4 Å². The fraction of sp³-hybridized carbons (Fsp3) is 0.600. The van der Waals surface area contributed by atoms with Crippen LogP contribution in [0.2, 0.25) is 0 Å². The van der Waals surface area contributed by atoms with E-state index in [-0.39, 0.29) is 12.4 Å². The molecule has 1 aliphatic rings. The molecule has 1 aliphatic carbocycles. The van der Waals surface area contributed by atoms with Gasteiger partial charge >= 0.3 is 0 Å². The van der Waals surface area contributed by atoms with Gasteiger partial charge in [-0.25, -0.2) is 0 Å². The molecule has 0 saturated heterocycles. The van der Waals surface area contributed by atoms with Gasteiger partial charge in [0.1, 0.15) is 0 Å². The number of hydrogen-bond donors (Lipinski definition) is 0. The summed E-state index contributed by atoms with van der Waals surface area (Å²) in [6, 6.07) is 0. The van der Waals surface area contributed by atoms with Gasteiger partial charge in [0, 0.05) is 0 Å². The quantitative estimate of drug-likeness (QED) is 0.413. The molecule has 0 nitrogen and oxygen atoms in total. The summed E-state index contributed by atoms with van der Waals surface area (Å²) in [6.07, 6.45) is 3.97. The van der Waals surface area contributed by atoms with Gasteiger partial charge in [-0.15, -0.1) is 12.4 Å². The first-order chi connectivity index (χ1) is 2.39. The van der Waals surface area contributed by atoms with Crippen LogP contribution in [0.15, 0.2) is 12.2 Å². The first-order valence-corrected chi connectivity index (χ1v) is 2.06. The van der Waals surface area contributed by atoms with Crippen molar-refractivity contribution in [1.29, 1.82) is 0 Å². The highest BCUT2D eigenvalue weighted by molar-refractivity contribution is 5.85. The fourth-order valence-corrected chi connectivity index (χ4v) is 0.427. The fourth-order valence-electron chi connectivity index (χ4n) is 0.427. The molecule has 1 rings (SSSR count). The Morgan fingerprint density at radius 3 is 1.67 bits per heavy atom. The van der Waals surface area contributed by atoms with Crippen LogP contribution in [-0.2, 0) is 0 Å². The summed E-state index contributed by atoms with van der Waals surface area (Å²) in [5, 5.41) is 0. The zero-order valence-electron chi connectivity index (χ0n) is 3.74. The van der Waals surface area contributed by atoms with Gasteiger partial charge in [0.25, 0.3) is 0 Å². The topological polar surface area (TPSA) is 0 Å². The molecule has 0 aromatic heterocycles. The third kappa shape index (κ3) is 1.02. The Morgan fingerprint density at radius 1 is 1.33 bits per heavy atom. The summed E-state index contributed by atoms with van der Waals surface area (Å²) in [4.78, 5) is 0. The molecule has 6 heavy (non-hydrogen) atoms. The number of halogens is 1. The molecule has 0 aromatic rings. The molecule has 0 aromatic carbocycles. The summed E-state index contributed by atoms with van der Waals surface area (Å²) >= 11 is 0. The minimum Gasteiger partial charge on any atom is -0.147 e. The Labute approximate surface area is 44.7 Å². The second kappa shape index (κ2) is 2.25. The Morgan fingerprint density at radius 2 is 1.67 bits per heavy atom. The van der Waals surface area contributed by atoms with Crippen molar-refractivity contribution in [2.75, 3.05) is 0 Å². The maximum Gasteiger partial charge on any atom is -0.0320 e. The van der Waals surface area contributed by atoms with E-state index in [4.69, 9.17) is 0 Å². The van der Waals surface area contributed by atoms with Gasteiger partial charge < -0.3 is 0 Å². The van der Waals surface area contributed by atoms with Crippen LogP contribution in [0, 0.1) is 0 Å². The number of rotatable bonds is 0. The van der Waals surface area contributed by atoms with Crippen LogP contribution >= 0.6 is 12.4 Å². The lowest BCUT2D eigenvalue weighted by Gasteiger charge is -2.11. The van der Waals surface area contributed by atoms with Crippen molar-refractivity contribution in [3.63, 3.8) is 0 Å². The van der Waals surface area contributed by atoms with E-state index in [9.17, 15) is 0 Å². The molecule has 1 heteroatoms. The van der Waals surface area contributed by atoms with E-state index in [1.54, 1.807) is 0 Å². The van der Waals surface area contributed by atoms with Crippen LogP contribution < -0.4 is 0 Å². The van der Waals surface area contributed by atoms with Crippen LogP contribution in [-0.4, -0.2) is 0 Å². The lowest BCUT2D eigenvalue weighted by atomic mass is 9.95. The molecular weight excluding hydrogens is 95.5 g/mol. The highest BCUT2D eigenvalue weighted by Crippen LogP contribution is 2.21. The molecule has 0 heterocycles. The van der Waals surface area contributed by atoms with Gasteiger partial charge in [0.05, 0.1) is 0 Å². The van der Waals surface area contributed by atoms with E-state index in [0.29, 0.717) is 0 Å². The SMILES string of the molecule is C=C1CCC1.Cl. The second-order valence-corrected chi connectivity index (χ2v) is 1.60. The third-order valence-electron chi connectivity index (χ3n) is 1.06. The maximum atomic E-state index is 3.76. The molecule has 0 amide bonds. The predicted molar refractivity (Wildman–Crippen MR) is 30.2 cm³/mol. The smallest absolute Gasteiger partial charge is 0.0320 e. The molecule has 0 atom stereocenters. The summed E-state index contributed by atoms with van der Waals surface area (Å²) in [5.41, 5.74) is 1.44. The van der Waals surface area contributed by atoms with Crippen LogP contribution in [0.3, 0.4) is 0 Å². The zero-order chi connectivity index (χ0) is 3.70. The molecule has 0 spiro atoms. The first kappa shape index (κ1) is 6.03. The van der Waals surface area contributed by atoms with E-state index < -0.39 is 0 Å². The Kier molecular flexibility index (Phi) is 2.26. The van der Waals surface area contributed by atoms with E-state index in [2.05, 4.69) is 6.58 Å². The molecular formula is C5H9Cl. The molecule has 1 fully saturated rings. The van der Waals surface area contributed by atoms with Crippen molar-refractivity contribution < 1.29 is 0 Å². The van der Waals surface area contributed by atoms with Gasteiger partial charge in [0.2, 0.25) is 0 Å². The summed E-state index contributed by atoms with van der Waals surface area (Å²) in [5.74, 6) is 0. The number of allylic oxidation sites excluding steroid dienone is 1. The minimum atomic E-state index is 0. The highest BCUT2D eigenvalue weighted by Gasteiger charge is 2.02. The predicted octanol–water partition coefficient (Wildman–Crippen LogP) is 2.15. The molecule has 0 radical (unpaired) electrons. The Bertz CT molecular complexity index is 51.0. The van der Waals surface area contributed by atoms with Gasteiger partial charge in [-0.2, -0.15) is 0 Å². The van der Waals surface area contributed by atoms with Crippen molar-refractivity contribution in [3.8, 4) is 0 Å². The average Bonchev–Trinajstić information content (AvgIpc) is 1.30. The molecule has 0 bridgehead atoms. The van der Waals surface area contributed by atoms with Crippen molar-refractivity contribution in [3.05, 3.63) is 12.2 Å². The van der Waals surface area contributed by atoms with Gasteiger partial charge in [-0.1, -0.05) is 12.2 Å². The van der Waals surface area contributed by atoms with Crippen molar-refractivity contribution in [2.45, 2.75) is 19.3 Å². The highest BCUT2D eigenvalue weighted by atomic mass is 35.5. The van der Waals surface area contributed by atoms with Crippen molar-refractivity contribution in [2.24, 2.45) is 0 Å². The largest absolute Gasteiger partial charge is 0.147 e. The summed E-state index contributed by atoms with van der Waals surface area (Å²) in [7, 11) is 0. The molecule has 36 valence electrons. The van der Waals surface area contributed by atoms with E-state index in [1.807, 2.05) is 0 Å². The summed E-state index contributed by atoms with van der Waals surface area (Å²) < 4.78 is 0. The standard InChI is InChI=1S/C5H8.ClH/c1-5-3-2-4-5;/h1-4H2;1H. The van der Waals surface area contributed by atoms with Gasteiger partial charge in [-0.3, -0.25) is 0 Å². The normalized spacial score (nSPS) is 18.3. The van der Waals surface area contributed by atoms with E-state index in [1.165, 1.54) is 24.8 Å². The van der Waals surface area contributed by atoms with Crippen molar-refractivity contribution in [1.82, 2.24) is 0 Å². The lowest BCUT2D eigenvalue weighted by Crippen LogP contribution is -1.92. The molecule has 0 N–H and O–H groups in total. The monoisotopic (exact) mass is 104 g/mol. The summed E-state index contributed by atoms with van der Waals surface area (Å²) in [6.45, 7) is 3.76. The zero-order valence-corrected chi connectivity index (χ0v) is 4.55. The Balaban J connectivity index is 0.000000250. The van der Waals surface area contributed by atoms with Gasteiger partial charge in [-0.05, 0) is 19.3 Å². The van der Waals surface area contributed by atoms with Crippen LogP contribution in [0.25, 0.3) is 0 Å². The molecule has 1 saturated carbocycles. The number of hydrogen-bond acceptors (Lipinski definition) is 0. The van der Waals surface area contributed by atoms with Crippen LogP contribution in [0.1, 0.15) is 19.3 Å². The van der Waals surface area contributed by atoms with E-state index in [0.717, 1.165) is 0 Å². The second-order valence-electron chi connectivity index (χ2n) is 1.60. The molecule has 0 unspecified atom stereocenters. The van der Waals surface area contributed by atoms with E-state index >= 15 is 0 Å². The first-order valence-electron chi connectivity index (χ1n) is 2.06. The minimum absolute atomic E-state index is 0. The maximum absolute atomic E-state index is 3.76. The lowest BCUT2D eigenvalue weighted by molar-refractivity contribution is 0.667. The Hall–Kier alpha value is 0.0300. The van der Waals surface area contributed by atoms with Crippen LogP contribution in [0.5, 0.6) is 0 Å². The van der Waals surface area contributed by atoms with Crippen LogP contribution in [0.4, 0.5) is 0 Å². The van der Waals surface area contributed by atoms with Gasteiger partial charge in [0.15, 0.2) is 0 Å². The molecule has 0 aliphatic heterocycles. The average molecular weight is 105 g/mol.